The average Bonchev–Trinajstić information content (AvgIpc) is 3.27. The number of amides is 1. The summed E-state index contributed by atoms with van der Waals surface area (Å²) >= 11 is 1.69. The molecule has 1 heterocycles. The van der Waals surface area contributed by atoms with Gasteiger partial charge in [0.15, 0.2) is 0 Å². The molecular weight excluding hydrogens is 368 g/mol. The lowest BCUT2D eigenvalue weighted by Gasteiger charge is -2.18. The smallest absolute Gasteiger partial charge is 0.234 e. The van der Waals surface area contributed by atoms with E-state index < -0.39 is 0 Å². The molecule has 5 heteroatoms. The standard InChI is InChI=1S/C23H26N2O2S/c1-3-17-10-12-18(13-11-17)23(21-9-6-14-28-21)25-16-22(26)24-15-19-7-4-5-8-20(19)27-2/h4-14,23,25H,3,15-16H2,1-2H3,(H,24,26)/t23-/m1/s1. The van der Waals surface area contributed by atoms with E-state index >= 15 is 0 Å². The highest BCUT2D eigenvalue weighted by atomic mass is 32.1. The SMILES string of the molecule is CCc1ccc([C@@H](NCC(=O)NCc2ccccc2OC)c2cccs2)cc1. The van der Waals surface area contributed by atoms with Gasteiger partial charge in [-0.2, -0.15) is 0 Å². The zero-order chi connectivity index (χ0) is 19.8. The van der Waals surface area contributed by atoms with Crippen LogP contribution in [-0.2, 0) is 17.8 Å². The summed E-state index contributed by atoms with van der Waals surface area (Å²) in [6.07, 6.45) is 1.02. The second-order valence-electron chi connectivity index (χ2n) is 6.51. The van der Waals surface area contributed by atoms with Gasteiger partial charge in [0.1, 0.15) is 5.75 Å². The normalized spacial score (nSPS) is 11.8. The number of carbonyl (C=O) groups excluding carboxylic acids is 1. The summed E-state index contributed by atoms with van der Waals surface area (Å²) < 4.78 is 5.34. The van der Waals surface area contributed by atoms with Crippen LogP contribution < -0.4 is 15.4 Å². The molecule has 0 saturated carbocycles. The fourth-order valence-electron chi connectivity index (χ4n) is 3.08. The van der Waals surface area contributed by atoms with E-state index in [1.807, 2.05) is 30.3 Å². The van der Waals surface area contributed by atoms with E-state index in [-0.39, 0.29) is 18.5 Å². The van der Waals surface area contributed by atoms with E-state index in [1.165, 1.54) is 10.4 Å². The van der Waals surface area contributed by atoms with E-state index in [0.717, 1.165) is 23.3 Å². The van der Waals surface area contributed by atoms with Crippen LogP contribution in [0.3, 0.4) is 0 Å². The van der Waals surface area contributed by atoms with Gasteiger partial charge in [0.25, 0.3) is 0 Å². The van der Waals surface area contributed by atoms with Crippen LogP contribution in [0, 0.1) is 0 Å². The number of benzene rings is 2. The molecule has 1 atom stereocenters. The summed E-state index contributed by atoms with van der Waals surface area (Å²) in [5, 5.41) is 8.44. The van der Waals surface area contributed by atoms with Crippen LogP contribution in [-0.4, -0.2) is 19.6 Å². The van der Waals surface area contributed by atoms with Gasteiger partial charge in [-0.25, -0.2) is 0 Å². The summed E-state index contributed by atoms with van der Waals surface area (Å²) in [6, 6.07) is 20.4. The molecule has 3 rings (SSSR count). The van der Waals surface area contributed by atoms with Crippen LogP contribution in [0.15, 0.2) is 66.0 Å². The van der Waals surface area contributed by atoms with Crippen LogP contribution in [0.5, 0.6) is 5.75 Å². The number of ether oxygens (including phenoxy) is 1. The number of rotatable bonds is 9. The first-order valence-corrected chi connectivity index (χ1v) is 10.3. The van der Waals surface area contributed by atoms with Gasteiger partial charge in [-0.3, -0.25) is 10.1 Å². The summed E-state index contributed by atoms with van der Waals surface area (Å²) in [4.78, 5) is 13.6. The zero-order valence-corrected chi connectivity index (χ0v) is 17.1. The Morgan fingerprint density at radius 1 is 1.07 bits per heavy atom. The van der Waals surface area contributed by atoms with E-state index in [0.29, 0.717) is 6.54 Å². The van der Waals surface area contributed by atoms with Gasteiger partial charge in [0, 0.05) is 17.0 Å². The van der Waals surface area contributed by atoms with Crippen molar-refractivity contribution in [2.75, 3.05) is 13.7 Å². The third kappa shape index (κ3) is 5.21. The van der Waals surface area contributed by atoms with E-state index in [2.05, 4.69) is 53.3 Å². The van der Waals surface area contributed by atoms with E-state index in [4.69, 9.17) is 4.74 Å². The van der Waals surface area contributed by atoms with Crippen molar-refractivity contribution in [1.29, 1.82) is 0 Å². The Hall–Kier alpha value is -2.63. The van der Waals surface area contributed by atoms with Gasteiger partial charge >= 0.3 is 0 Å². The van der Waals surface area contributed by atoms with Gasteiger partial charge in [-0.05, 0) is 35.1 Å². The van der Waals surface area contributed by atoms with Gasteiger partial charge in [0.2, 0.25) is 5.91 Å². The molecule has 2 N–H and O–H groups in total. The minimum atomic E-state index is -0.0439. The van der Waals surface area contributed by atoms with Crippen molar-refractivity contribution < 1.29 is 9.53 Å². The average molecular weight is 395 g/mol. The monoisotopic (exact) mass is 394 g/mol. The first-order chi connectivity index (χ1) is 13.7. The fourth-order valence-corrected chi connectivity index (χ4v) is 3.91. The molecule has 0 aliphatic rings. The molecule has 0 saturated heterocycles. The molecule has 0 aliphatic carbocycles. The zero-order valence-electron chi connectivity index (χ0n) is 16.3. The topological polar surface area (TPSA) is 50.4 Å². The second kappa shape index (κ2) is 10.1. The minimum Gasteiger partial charge on any atom is -0.496 e. The molecular formula is C23H26N2O2S. The highest BCUT2D eigenvalue weighted by Gasteiger charge is 2.16. The number of aryl methyl sites for hydroxylation is 1. The van der Waals surface area contributed by atoms with Gasteiger partial charge in [-0.1, -0.05) is 55.5 Å². The Morgan fingerprint density at radius 2 is 1.86 bits per heavy atom. The molecule has 0 aliphatic heterocycles. The molecule has 0 bridgehead atoms. The Bertz CT molecular complexity index is 876. The second-order valence-corrected chi connectivity index (χ2v) is 7.49. The molecule has 0 radical (unpaired) electrons. The van der Waals surface area contributed by atoms with E-state index in [9.17, 15) is 4.79 Å². The number of para-hydroxylation sites is 1. The van der Waals surface area contributed by atoms with Crippen molar-refractivity contribution in [3.05, 3.63) is 87.6 Å². The first-order valence-electron chi connectivity index (χ1n) is 9.45. The lowest BCUT2D eigenvalue weighted by molar-refractivity contribution is -0.120. The molecule has 1 amide bonds. The molecule has 1 aromatic heterocycles. The molecule has 0 spiro atoms. The molecule has 28 heavy (non-hydrogen) atoms. The predicted octanol–water partition coefficient (Wildman–Crippen LogP) is 4.31. The summed E-state index contributed by atoms with van der Waals surface area (Å²) in [7, 11) is 1.64. The molecule has 3 aromatic rings. The number of thiophene rings is 1. The Morgan fingerprint density at radius 3 is 2.54 bits per heavy atom. The maximum absolute atomic E-state index is 12.4. The number of carbonyl (C=O) groups is 1. The molecule has 2 aromatic carbocycles. The number of hydrogen-bond donors (Lipinski definition) is 2. The van der Waals surface area contributed by atoms with Crippen LogP contribution in [0.2, 0.25) is 0 Å². The Kier molecular flexibility index (Phi) is 7.23. The van der Waals surface area contributed by atoms with Crippen molar-refractivity contribution in [2.24, 2.45) is 0 Å². The molecule has 146 valence electrons. The largest absolute Gasteiger partial charge is 0.496 e. The number of nitrogens with one attached hydrogen (secondary N) is 2. The summed E-state index contributed by atoms with van der Waals surface area (Å²) in [6.45, 7) is 2.84. The van der Waals surface area contributed by atoms with Gasteiger partial charge in [0.05, 0.1) is 19.7 Å². The van der Waals surface area contributed by atoms with Crippen LogP contribution in [0.25, 0.3) is 0 Å². The van der Waals surface area contributed by atoms with Crippen LogP contribution >= 0.6 is 11.3 Å². The van der Waals surface area contributed by atoms with Crippen molar-refractivity contribution in [1.82, 2.24) is 10.6 Å². The highest BCUT2D eigenvalue weighted by molar-refractivity contribution is 7.10. The van der Waals surface area contributed by atoms with Crippen LogP contribution in [0.1, 0.15) is 34.5 Å². The highest BCUT2D eigenvalue weighted by Crippen LogP contribution is 2.26. The fraction of sp³-hybridized carbons (Fsp3) is 0.261. The van der Waals surface area contributed by atoms with Gasteiger partial charge in [-0.15, -0.1) is 11.3 Å². The maximum atomic E-state index is 12.4. The molecule has 0 fully saturated rings. The van der Waals surface area contributed by atoms with Gasteiger partial charge < -0.3 is 10.1 Å². The molecule has 0 unspecified atom stereocenters. The predicted molar refractivity (Wildman–Crippen MR) is 115 cm³/mol. The summed E-state index contributed by atoms with van der Waals surface area (Å²) in [5.74, 6) is 0.737. The van der Waals surface area contributed by atoms with Crippen molar-refractivity contribution in [3.8, 4) is 5.75 Å². The maximum Gasteiger partial charge on any atom is 0.234 e. The van der Waals surface area contributed by atoms with Crippen LogP contribution in [0.4, 0.5) is 0 Å². The lowest BCUT2D eigenvalue weighted by atomic mass is 10.0. The Balaban J connectivity index is 1.62. The number of hydrogen-bond acceptors (Lipinski definition) is 4. The van der Waals surface area contributed by atoms with Crippen molar-refractivity contribution in [2.45, 2.75) is 25.9 Å². The molecule has 4 nitrogen and oxygen atoms in total. The summed E-state index contributed by atoms with van der Waals surface area (Å²) in [5.41, 5.74) is 3.43. The third-order valence-electron chi connectivity index (χ3n) is 4.68. The van der Waals surface area contributed by atoms with E-state index in [1.54, 1.807) is 18.4 Å². The Labute approximate surface area is 170 Å². The van der Waals surface area contributed by atoms with Crippen molar-refractivity contribution >= 4 is 17.2 Å². The lowest BCUT2D eigenvalue weighted by Crippen LogP contribution is -2.35. The quantitative estimate of drug-likeness (QED) is 0.568. The third-order valence-corrected chi connectivity index (χ3v) is 5.62. The first kappa shape index (κ1) is 20.1. The minimum absolute atomic E-state index is 0.00270. The number of methoxy groups -OCH3 is 1. The van der Waals surface area contributed by atoms with Crippen molar-refractivity contribution in [3.63, 3.8) is 0 Å².